The van der Waals surface area contributed by atoms with Gasteiger partial charge in [-0.1, -0.05) is 29.8 Å². The average molecular weight is 423 g/mol. The van der Waals surface area contributed by atoms with E-state index in [1.807, 2.05) is 60.6 Å². The Morgan fingerprint density at radius 3 is 2.43 bits per heavy atom. The minimum absolute atomic E-state index is 0.390. The van der Waals surface area contributed by atoms with E-state index < -0.39 is 0 Å². The molecule has 5 nitrogen and oxygen atoms in total. The zero-order valence-corrected chi connectivity index (χ0v) is 18.1. The lowest BCUT2D eigenvalue weighted by molar-refractivity contribution is 0.185. The van der Waals surface area contributed by atoms with Crippen molar-refractivity contribution >= 4 is 34.7 Å². The van der Waals surface area contributed by atoms with Crippen LogP contribution in [0, 0.1) is 0 Å². The number of hydrogen-bond acceptors (Lipinski definition) is 5. The third-order valence-corrected chi connectivity index (χ3v) is 6.16. The molecular formula is C24H27ClN4O. The van der Waals surface area contributed by atoms with Gasteiger partial charge in [-0.3, -0.25) is 5.84 Å². The second-order valence-electron chi connectivity index (χ2n) is 7.91. The van der Waals surface area contributed by atoms with Crippen molar-refractivity contribution < 1.29 is 4.74 Å². The highest BCUT2D eigenvalue weighted by Crippen LogP contribution is 2.37. The number of halogens is 1. The number of fused-ring (bicyclic) bond motifs is 1. The molecule has 2 N–H and O–H groups in total. The van der Waals surface area contributed by atoms with Crippen molar-refractivity contribution in [3.8, 4) is 5.75 Å². The van der Waals surface area contributed by atoms with E-state index in [1.54, 1.807) is 7.11 Å². The first kappa shape index (κ1) is 20.8. The van der Waals surface area contributed by atoms with Crippen LogP contribution in [0.15, 0.2) is 42.5 Å². The third kappa shape index (κ3) is 4.64. The molecule has 0 radical (unpaired) electrons. The molecule has 0 spiro atoms. The molecule has 4 rings (SSSR count). The molecule has 0 saturated heterocycles. The number of methoxy groups -OCH3 is 1. The van der Waals surface area contributed by atoms with Crippen molar-refractivity contribution in [1.82, 2.24) is 15.0 Å². The summed E-state index contributed by atoms with van der Waals surface area (Å²) in [5.41, 5.74) is 3.10. The van der Waals surface area contributed by atoms with Crippen LogP contribution in [-0.2, 0) is 0 Å². The summed E-state index contributed by atoms with van der Waals surface area (Å²) in [6.07, 6.45) is 8.26. The van der Waals surface area contributed by atoms with Crippen LogP contribution in [0.5, 0.6) is 5.75 Å². The number of ether oxygens (including phenoxy) is 1. The molecule has 0 unspecified atom stereocenters. The van der Waals surface area contributed by atoms with Gasteiger partial charge in [0.25, 0.3) is 0 Å². The van der Waals surface area contributed by atoms with Gasteiger partial charge in [-0.15, -0.1) is 0 Å². The Hall–Kier alpha value is -2.47. The summed E-state index contributed by atoms with van der Waals surface area (Å²) in [6, 6.07) is 14.2. The van der Waals surface area contributed by atoms with Gasteiger partial charge < -0.3 is 4.74 Å². The van der Waals surface area contributed by atoms with Gasteiger partial charge in [-0.25, -0.2) is 15.0 Å². The van der Waals surface area contributed by atoms with Gasteiger partial charge in [0.2, 0.25) is 0 Å². The standard InChI is InChI=1S/C24H27ClN4O/c1-29(26)19-10-6-17(7-11-19)24-21-15-20(30-2)12-13-22(21)27-23(28-24)14-5-16-3-8-18(25)9-4-16/h3-5,8-9,12-15,17,19H,6-7,10-11,26H2,1-2H3. The van der Waals surface area contributed by atoms with Crippen LogP contribution in [0.1, 0.15) is 48.7 Å². The van der Waals surface area contributed by atoms with Gasteiger partial charge in [0.1, 0.15) is 5.75 Å². The minimum Gasteiger partial charge on any atom is -0.497 e. The Kier molecular flexibility index (Phi) is 6.32. The van der Waals surface area contributed by atoms with Crippen molar-refractivity contribution in [2.45, 2.75) is 37.6 Å². The van der Waals surface area contributed by atoms with Crippen LogP contribution in [0.2, 0.25) is 5.02 Å². The molecule has 30 heavy (non-hydrogen) atoms. The third-order valence-electron chi connectivity index (χ3n) is 5.90. The molecule has 0 amide bonds. The zero-order chi connectivity index (χ0) is 21.1. The van der Waals surface area contributed by atoms with Crippen molar-refractivity contribution in [2.24, 2.45) is 5.84 Å². The number of nitrogens with two attached hydrogens (primary N) is 1. The summed E-state index contributed by atoms with van der Waals surface area (Å²) in [6.45, 7) is 0. The van der Waals surface area contributed by atoms with E-state index in [-0.39, 0.29) is 0 Å². The maximum atomic E-state index is 5.99. The van der Waals surface area contributed by atoms with E-state index in [9.17, 15) is 0 Å². The molecule has 0 bridgehead atoms. The predicted octanol–water partition coefficient (Wildman–Crippen LogP) is 5.29. The highest BCUT2D eigenvalue weighted by atomic mass is 35.5. The number of hydrogen-bond donors (Lipinski definition) is 1. The zero-order valence-electron chi connectivity index (χ0n) is 17.4. The van der Waals surface area contributed by atoms with Crippen molar-refractivity contribution in [2.75, 3.05) is 14.2 Å². The molecule has 1 saturated carbocycles. The monoisotopic (exact) mass is 422 g/mol. The fraction of sp³-hybridized carbons (Fsp3) is 0.333. The quantitative estimate of drug-likeness (QED) is 0.446. The number of benzene rings is 2. The summed E-state index contributed by atoms with van der Waals surface area (Å²) in [5.74, 6) is 7.92. The van der Waals surface area contributed by atoms with Crippen molar-refractivity contribution in [3.05, 3.63) is 64.6 Å². The largest absolute Gasteiger partial charge is 0.497 e. The number of hydrazine groups is 1. The van der Waals surface area contributed by atoms with Crippen LogP contribution in [0.3, 0.4) is 0 Å². The molecule has 1 aromatic heterocycles. The first-order valence-corrected chi connectivity index (χ1v) is 10.7. The van der Waals surface area contributed by atoms with Gasteiger partial charge in [-0.05, 0) is 67.7 Å². The molecule has 0 aliphatic heterocycles. The second kappa shape index (κ2) is 9.13. The van der Waals surface area contributed by atoms with Crippen LogP contribution in [-0.4, -0.2) is 35.2 Å². The van der Waals surface area contributed by atoms with Gasteiger partial charge in [0.05, 0.1) is 18.3 Å². The van der Waals surface area contributed by atoms with E-state index in [0.717, 1.165) is 64.4 Å². The Morgan fingerprint density at radius 2 is 1.77 bits per heavy atom. The Bertz CT molecular complexity index is 1040. The smallest absolute Gasteiger partial charge is 0.152 e. The van der Waals surface area contributed by atoms with Gasteiger partial charge in [0.15, 0.2) is 5.82 Å². The Balaban J connectivity index is 1.70. The molecule has 1 fully saturated rings. The highest BCUT2D eigenvalue weighted by molar-refractivity contribution is 6.30. The maximum absolute atomic E-state index is 5.99. The van der Waals surface area contributed by atoms with Crippen molar-refractivity contribution in [3.63, 3.8) is 0 Å². The number of aromatic nitrogens is 2. The fourth-order valence-electron chi connectivity index (χ4n) is 4.16. The van der Waals surface area contributed by atoms with Crippen LogP contribution in [0.4, 0.5) is 0 Å². The summed E-state index contributed by atoms with van der Waals surface area (Å²) >= 11 is 5.99. The molecule has 2 aromatic carbocycles. The summed E-state index contributed by atoms with van der Waals surface area (Å²) in [7, 11) is 3.64. The van der Waals surface area contributed by atoms with Crippen LogP contribution in [0.25, 0.3) is 23.1 Å². The lowest BCUT2D eigenvalue weighted by Crippen LogP contribution is -2.39. The predicted molar refractivity (Wildman–Crippen MR) is 123 cm³/mol. The molecule has 1 heterocycles. The van der Waals surface area contributed by atoms with E-state index >= 15 is 0 Å². The van der Waals surface area contributed by atoms with Crippen molar-refractivity contribution in [1.29, 1.82) is 0 Å². The second-order valence-corrected chi connectivity index (χ2v) is 8.34. The Labute approximate surface area is 182 Å². The number of nitrogens with zero attached hydrogens (tertiary/aromatic N) is 3. The number of rotatable bonds is 5. The van der Waals surface area contributed by atoms with E-state index in [1.165, 1.54) is 0 Å². The first-order valence-electron chi connectivity index (χ1n) is 10.3. The summed E-state index contributed by atoms with van der Waals surface area (Å²) < 4.78 is 5.45. The molecule has 0 atom stereocenters. The van der Waals surface area contributed by atoms with Gasteiger partial charge in [-0.2, -0.15) is 0 Å². The molecule has 1 aliphatic carbocycles. The summed E-state index contributed by atoms with van der Waals surface area (Å²) in [4.78, 5) is 9.75. The molecular weight excluding hydrogens is 396 g/mol. The lowest BCUT2D eigenvalue weighted by Gasteiger charge is -2.32. The highest BCUT2D eigenvalue weighted by Gasteiger charge is 2.26. The minimum atomic E-state index is 0.390. The molecule has 6 heteroatoms. The summed E-state index contributed by atoms with van der Waals surface area (Å²) in [5, 5.41) is 3.64. The lowest BCUT2D eigenvalue weighted by atomic mass is 9.82. The van der Waals surface area contributed by atoms with Crippen LogP contribution >= 0.6 is 11.6 Å². The van der Waals surface area contributed by atoms with E-state index in [4.69, 9.17) is 32.1 Å². The molecule has 156 valence electrons. The molecule has 3 aromatic rings. The topological polar surface area (TPSA) is 64.3 Å². The fourth-order valence-corrected chi connectivity index (χ4v) is 4.29. The average Bonchev–Trinajstić information content (AvgIpc) is 2.78. The normalized spacial score (nSPS) is 19.6. The van der Waals surface area contributed by atoms with Gasteiger partial charge in [0, 0.05) is 29.4 Å². The SMILES string of the molecule is COc1ccc2nc(C=Cc3ccc(Cl)cc3)nc(C3CCC(N(C)N)CC3)c2c1. The van der Waals surface area contributed by atoms with E-state index in [2.05, 4.69) is 6.07 Å². The first-order chi connectivity index (χ1) is 14.5. The van der Waals surface area contributed by atoms with Gasteiger partial charge >= 0.3 is 0 Å². The Morgan fingerprint density at radius 1 is 1.03 bits per heavy atom. The van der Waals surface area contributed by atoms with Crippen LogP contribution < -0.4 is 10.6 Å². The molecule has 1 aliphatic rings. The van der Waals surface area contributed by atoms with E-state index in [0.29, 0.717) is 12.0 Å². The maximum Gasteiger partial charge on any atom is 0.152 e.